The number of carbonyl (C=O) groups excluding carboxylic acids is 2. The Hall–Kier alpha value is -2.15. The van der Waals surface area contributed by atoms with Crippen molar-refractivity contribution in [3.8, 4) is 0 Å². The van der Waals surface area contributed by atoms with Crippen LogP contribution in [0.15, 0.2) is 16.9 Å². The number of nitrogens with one attached hydrogen (secondary N) is 2. The molecule has 138 valence electrons. The predicted molar refractivity (Wildman–Crippen MR) is 96.7 cm³/mol. The summed E-state index contributed by atoms with van der Waals surface area (Å²) in [6.45, 7) is 3.97. The number of hydrogen-bond donors (Lipinski definition) is 2. The maximum atomic E-state index is 12.2. The van der Waals surface area contributed by atoms with Crippen LogP contribution in [0.1, 0.15) is 42.2 Å². The number of aryl methyl sites for hydroxylation is 1. The molecule has 2 heterocycles. The summed E-state index contributed by atoms with van der Waals surface area (Å²) in [7, 11) is 3.98. The Balaban J connectivity index is 1.87. The van der Waals surface area contributed by atoms with E-state index in [0.29, 0.717) is 24.9 Å². The fourth-order valence-corrected chi connectivity index (χ4v) is 3.09. The second-order valence-corrected chi connectivity index (χ2v) is 6.74. The van der Waals surface area contributed by atoms with Crippen LogP contribution in [0.3, 0.4) is 0 Å². The molecule has 7 nitrogen and oxygen atoms in total. The Morgan fingerprint density at radius 1 is 1.36 bits per heavy atom. The third kappa shape index (κ3) is 5.42. The van der Waals surface area contributed by atoms with E-state index in [1.54, 1.807) is 6.07 Å². The van der Waals surface area contributed by atoms with Crippen LogP contribution < -0.4 is 10.9 Å². The molecule has 0 saturated carbocycles. The fourth-order valence-electron chi connectivity index (χ4n) is 3.09. The lowest BCUT2D eigenvalue weighted by molar-refractivity contribution is -0.129. The van der Waals surface area contributed by atoms with Gasteiger partial charge >= 0.3 is 0 Å². The molecule has 0 radical (unpaired) electrons. The molecule has 1 unspecified atom stereocenters. The minimum Gasteiger partial charge on any atom is -0.352 e. The number of likely N-dealkylation sites (tertiary alicyclic amines) is 1. The first-order valence-electron chi connectivity index (χ1n) is 8.86. The van der Waals surface area contributed by atoms with Gasteiger partial charge in [0.1, 0.15) is 0 Å². The molecule has 1 aliphatic heterocycles. The third-order valence-corrected chi connectivity index (χ3v) is 4.55. The summed E-state index contributed by atoms with van der Waals surface area (Å²) in [5.74, 6) is -0.0506. The van der Waals surface area contributed by atoms with Gasteiger partial charge in [-0.15, -0.1) is 0 Å². The maximum Gasteiger partial charge on any atom is 0.251 e. The third-order valence-electron chi connectivity index (χ3n) is 4.55. The maximum absolute atomic E-state index is 12.2. The van der Waals surface area contributed by atoms with E-state index >= 15 is 0 Å². The standard InChI is InChI=1S/C18H28N4O3/c1-4-14-11-13(12-16(23)20-14)18(25)19-8-7-15-5-6-17(24)22(15)10-9-21(2)3/h11-12,15H,4-10H2,1-3H3,(H,19,25)(H,20,23). The SMILES string of the molecule is CCc1cc(C(=O)NCCC2CCC(=O)N2CCN(C)C)cc(=O)[nH]1. The van der Waals surface area contributed by atoms with Crippen LogP contribution in [0, 0.1) is 0 Å². The molecule has 0 aliphatic carbocycles. The lowest BCUT2D eigenvalue weighted by atomic mass is 10.1. The van der Waals surface area contributed by atoms with Crippen LogP contribution in [0.25, 0.3) is 0 Å². The molecule has 2 amide bonds. The van der Waals surface area contributed by atoms with Crippen molar-refractivity contribution in [1.29, 1.82) is 0 Å². The molecule has 2 N–H and O–H groups in total. The number of hydrogen-bond acceptors (Lipinski definition) is 4. The highest BCUT2D eigenvalue weighted by Gasteiger charge is 2.30. The Labute approximate surface area is 148 Å². The molecule has 1 atom stereocenters. The number of H-pyrrole nitrogens is 1. The smallest absolute Gasteiger partial charge is 0.251 e. The summed E-state index contributed by atoms with van der Waals surface area (Å²) in [5, 5.41) is 2.86. The van der Waals surface area contributed by atoms with E-state index in [4.69, 9.17) is 0 Å². The molecule has 1 saturated heterocycles. The highest BCUT2D eigenvalue weighted by atomic mass is 16.2. The van der Waals surface area contributed by atoms with E-state index < -0.39 is 0 Å². The Bertz CT molecular complexity index is 669. The fraction of sp³-hybridized carbons (Fsp3) is 0.611. The number of likely N-dealkylation sites (N-methyl/N-ethyl adjacent to an activating group) is 1. The summed E-state index contributed by atoms with van der Waals surface area (Å²) in [6.07, 6.45) is 2.82. The Morgan fingerprint density at radius 3 is 2.80 bits per heavy atom. The van der Waals surface area contributed by atoms with E-state index in [9.17, 15) is 14.4 Å². The molecule has 1 aromatic heterocycles. The minimum absolute atomic E-state index is 0.179. The van der Waals surface area contributed by atoms with Crippen molar-refractivity contribution in [2.24, 2.45) is 0 Å². The number of carbonyl (C=O) groups is 2. The average Bonchev–Trinajstić information content (AvgIpc) is 2.92. The quantitative estimate of drug-likeness (QED) is 0.721. The van der Waals surface area contributed by atoms with E-state index in [2.05, 4.69) is 15.2 Å². The van der Waals surface area contributed by atoms with Gasteiger partial charge < -0.3 is 20.1 Å². The summed E-state index contributed by atoms with van der Waals surface area (Å²) in [6, 6.07) is 3.20. The van der Waals surface area contributed by atoms with Crippen molar-refractivity contribution in [3.63, 3.8) is 0 Å². The van der Waals surface area contributed by atoms with Crippen LogP contribution in [0.4, 0.5) is 0 Å². The molecule has 25 heavy (non-hydrogen) atoms. The second kappa shape index (κ2) is 8.80. The largest absolute Gasteiger partial charge is 0.352 e. The van der Waals surface area contributed by atoms with Crippen molar-refractivity contribution >= 4 is 11.8 Å². The van der Waals surface area contributed by atoms with Crippen molar-refractivity contribution < 1.29 is 9.59 Å². The normalized spacial score (nSPS) is 17.4. The first-order chi connectivity index (χ1) is 11.9. The monoisotopic (exact) mass is 348 g/mol. The zero-order valence-corrected chi connectivity index (χ0v) is 15.3. The number of aromatic nitrogens is 1. The Morgan fingerprint density at radius 2 is 2.12 bits per heavy atom. The average molecular weight is 348 g/mol. The van der Waals surface area contributed by atoms with Gasteiger partial charge in [-0.1, -0.05) is 6.92 Å². The van der Waals surface area contributed by atoms with Crippen molar-refractivity contribution in [3.05, 3.63) is 33.7 Å². The molecule has 1 fully saturated rings. The molecule has 1 aliphatic rings. The molecular formula is C18H28N4O3. The highest BCUT2D eigenvalue weighted by Crippen LogP contribution is 2.20. The number of amides is 2. The van der Waals surface area contributed by atoms with Crippen molar-refractivity contribution in [1.82, 2.24) is 20.1 Å². The lowest BCUT2D eigenvalue weighted by Crippen LogP contribution is -2.40. The predicted octanol–water partition coefficient (Wildman–Crippen LogP) is 0.610. The molecule has 0 bridgehead atoms. The van der Waals surface area contributed by atoms with Crippen molar-refractivity contribution in [2.45, 2.75) is 38.6 Å². The first kappa shape index (κ1) is 19.2. The number of pyridine rings is 1. The van der Waals surface area contributed by atoms with Gasteiger partial charge in [0.25, 0.3) is 5.91 Å². The zero-order valence-electron chi connectivity index (χ0n) is 15.3. The van der Waals surface area contributed by atoms with Gasteiger partial charge in [0.15, 0.2) is 0 Å². The second-order valence-electron chi connectivity index (χ2n) is 6.74. The number of nitrogens with zero attached hydrogens (tertiary/aromatic N) is 2. The summed E-state index contributed by atoms with van der Waals surface area (Å²) in [4.78, 5) is 42.5. The Kier molecular flexibility index (Phi) is 6.75. The number of aromatic amines is 1. The molecular weight excluding hydrogens is 320 g/mol. The lowest BCUT2D eigenvalue weighted by Gasteiger charge is -2.26. The molecule has 2 rings (SSSR count). The highest BCUT2D eigenvalue weighted by molar-refractivity contribution is 5.94. The minimum atomic E-state index is -0.263. The van der Waals surface area contributed by atoms with E-state index in [-0.39, 0.29) is 23.4 Å². The van der Waals surface area contributed by atoms with E-state index in [1.807, 2.05) is 25.9 Å². The number of rotatable bonds is 8. The van der Waals surface area contributed by atoms with Crippen molar-refractivity contribution in [2.75, 3.05) is 33.7 Å². The van der Waals surface area contributed by atoms with Gasteiger partial charge in [-0.3, -0.25) is 14.4 Å². The molecule has 1 aromatic rings. The van der Waals surface area contributed by atoms with Gasteiger partial charge in [-0.05, 0) is 39.4 Å². The van der Waals surface area contributed by atoms with Gasteiger partial charge in [0.2, 0.25) is 11.5 Å². The zero-order chi connectivity index (χ0) is 18.4. The van der Waals surface area contributed by atoms with Crippen LogP contribution in [0.5, 0.6) is 0 Å². The van der Waals surface area contributed by atoms with Crippen LogP contribution >= 0.6 is 0 Å². The molecule has 7 heteroatoms. The summed E-state index contributed by atoms with van der Waals surface area (Å²) in [5.41, 5.74) is 0.863. The molecule has 0 aromatic carbocycles. The first-order valence-corrected chi connectivity index (χ1v) is 8.86. The van der Waals surface area contributed by atoms with Gasteiger partial charge in [0, 0.05) is 49.4 Å². The van der Waals surface area contributed by atoms with Gasteiger partial charge in [-0.2, -0.15) is 0 Å². The summed E-state index contributed by atoms with van der Waals surface area (Å²) >= 11 is 0. The molecule has 0 spiro atoms. The van der Waals surface area contributed by atoms with Crippen LogP contribution in [-0.4, -0.2) is 66.4 Å². The van der Waals surface area contributed by atoms with E-state index in [1.165, 1.54) is 6.07 Å². The topological polar surface area (TPSA) is 85.5 Å². The van der Waals surface area contributed by atoms with Crippen LogP contribution in [-0.2, 0) is 11.2 Å². The van der Waals surface area contributed by atoms with Crippen LogP contribution in [0.2, 0.25) is 0 Å². The van der Waals surface area contributed by atoms with E-state index in [0.717, 1.165) is 31.6 Å². The summed E-state index contributed by atoms with van der Waals surface area (Å²) < 4.78 is 0. The van der Waals surface area contributed by atoms with Gasteiger partial charge in [0.05, 0.1) is 0 Å². The van der Waals surface area contributed by atoms with Gasteiger partial charge in [-0.25, -0.2) is 0 Å².